The van der Waals surface area contributed by atoms with Gasteiger partial charge in [0.25, 0.3) is 0 Å². The fourth-order valence-electron chi connectivity index (χ4n) is 4.02. The fourth-order valence-corrected chi connectivity index (χ4v) is 4.02. The molecular formula is C30H30BNO3. The SMILES string of the molecule is CC(C)(O)C(C)(C)OBc1cc2oc3ccccc3c2cc1Nc1ccc(-c2ccccc2)cc1. The molecule has 0 aliphatic heterocycles. The van der Waals surface area contributed by atoms with Crippen molar-refractivity contribution in [3.63, 3.8) is 0 Å². The van der Waals surface area contributed by atoms with Crippen LogP contribution in [-0.2, 0) is 4.65 Å². The molecule has 0 radical (unpaired) electrons. The molecule has 0 unspecified atom stereocenters. The zero-order chi connectivity index (χ0) is 24.6. The molecule has 0 fully saturated rings. The quantitative estimate of drug-likeness (QED) is 0.269. The predicted octanol–water partition coefficient (Wildman–Crippen LogP) is 6.54. The summed E-state index contributed by atoms with van der Waals surface area (Å²) in [5, 5.41) is 16.3. The van der Waals surface area contributed by atoms with Crippen molar-refractivity contribution >= 4 is 46.3 Å². The molecule has 5 rings (SSSR count). The number of aliphatic hydroxyl groups is 1. The fraction of sp³-hybridized carbons (Fsp3) is 0.200. The number of nitrogens with one attached hydrogen (secondary N) is 1. The van der Waals surface area contributed by atoms with Gasteiger partial charge < -0.3 is 19.5 Å². The Labute approximate surface area is 206 Å². The van der Waals surface area contributed by atoms with Crippen molar-refractivity contribution in [2.75, 3.05) is 5.32 Å². The van der Waals surface area contributed by atoms with Crippen LogP contribution in [0.2, 0.25) is 0 Å². The van der Waals surface area contributed by atoms with E-state index in [-0.39, 0.29) is 0 Å². The van der Waals surface area contributed by atoms with Crippen LogP contribution in [0.25, 0.3) is 33.1 Å². The minimum Gasteiger partial charge on any atom is -0.456 e. The van der Waals surface area contributed by atoms with Crippen LogP contribution < -0.4 is 10.8 Å². The maximum Gasteiger partial charge on any atom is 0.311 e. The third kappa shape index (κ3) is 4.70. The lowest BCUT2D eigenvalue weighted by Crippen LogP contribution is -2.49. The number of furan rings is 1. The smallest absolute Gasteiger partial charge is 0.311 e. The van der Waals surface area contributed by atoms with Crippen LogP contribution in [0.4, 0.5) is 11.4 Å². The summed E-state index contributed by atoms with van der Waals surface area (Å²) in [5.41, 5.74) is 5.20. The van der Waals surface area contributed by atoms with E-state index in [9.17, 15) is 5.11 Å². The number of hydrogen-bond acceptors (Lipinski definition) is 4. The van der Waals surface area contributed by atoms with Crippen LogP contribution in [0.1, 0.15) is 27.7 Å². The first-order valence-corrected chi connectivity index (χ1v) is 11.9. The Morgan fingerprint density at radius 3 is 2.11 bits per heavy atom. The Kier molecular flexibility index (Phi) is 5.91. The van der Waals surface area contributed by atoms with Gasteiger partial charge in [-0.2, -0.15) is 0 Å². The topological polar surface area (TPSA) is 54.6 Å². The second-order valence-corrected chi connectivity index (χ2v) is 10.0. The maximum absolute atomic E-state index is 10.6. The van der Waals surface area contributed by atoms with Crippen LogP contribution in [-0.4, -0.2) is 23.8 Å². The zero-order valence-corrected chi connectivity index (χ0v) is 20.6. The molecule has 35 heavy (non-hydrogen) atoms. The standard InChI is InChI=1S/C30H30BNO3/c1-29(2,33)30(3,4)35-31-25-19-28-24(23-12-8-9-13-27(23)34-28)18-26(25)32-22-16-14-21(15-17-22)20-10-6-5-7-11-20/h5-19,31-33H,1-4H3. The first-order valence-electron chi connectivity index (χ1n) is 11.9. The zero-order valence-electron chi connectivity index (χ0n) is 20.6. The van der Waals surface area contributed by atoms with Gasteiger partial charge >= 0.3 is 7.48 Å². The largest absolute Gasteiger partial charge is 0.456 e. The third-order valence-corrected chi connectivity index (χ3v) is 6.94. The highest BCUT2D eigenvalue weighted by Crippen LogP contribution is 2.32. The summed E-state index contributed by atoms with van der Waals surface area (Å²) >= 11 is 0. The molecule has 4 aromatic carbocycles. The van der Waals surface area contributed by atoms with Gasteiger partial charge in [0.05, 0.1) is 11.2 Å². The summed E-state index contributed by atoms with van der Waals surface area (Å²) in [6.45, 7) is 7.34. The van der Waals surface area contributed by atoms with Crippen LogP contribution in [0, 0.1) is 0 Å². The van der Waals surface area contributed by atoms with Gasteiger partial charge in [0.2, 0.25) is 0 Å². The van der Waals surface area contributed by atoms with E-state index in [1.54, 1.807) is 13.8 Å². The number of anilines is 2. The molecule has 2 N–H and O–H groups in total. The Morgan fingerprint density at radius 1 is 0.743 bits per heavy atom. The molecule has 0 atom stereocenters. The minimum atomic E-state index is -0.989. The predicted molar refractivity (Wildman–Crippen MR) is 147 cm³/mol. The maximum atomic E-state index is 10.6. The van der Waals surface area contributed by atoms with E-state index in [4.69, 9.17) is 9.07 Å². The van der Waals surface area contributed by atoms with E-state index >= 15 is 0 Å². The number of hydrogen-bond donors (Lipinski definition) is 2. The van der Waals surface area contributed by atoms with Crippen LogP contribution in [0.5, 0.6) is 0 Å². The number of para-hydroxylation sites is 1. The summed E-state index contributed by atoms with van der Waals surface area (Å²) in [7, 11) is 0.328. The first-order chi connectivity index (χ1) is 16.7. The average molecular weight is 463 g/mol. The molecule has 1 aromatic heterocycles. The van der Waals surface area contributed by atoms with Gasteiger partial charge in [0.15, 0.2) is 0 Å². The van der Waals surface area contributed by atoms with Crippen LogP contribution in [0.15, 0.2) is 95.4 Å². The Morgan fingerprint density at radius 2 is 1.40 bits per heavy atom. The van der Waals surface area contributed by atoms with Gasteiger partial charge in [-0.05, 0) is 74.6 Å². The highest BCUT2D eigenvalue weighted by Gasteiger charge is 2.36. The van der Waals surface area contributed by atoms with Gasteiger partial charge in [-0.15, -0.1) is 0 Å². The molecule has 1 heterocycles. The molecule has 0 spiro atoms. The molecular weight excluding hydrogens is 433 g/mol. The van der Waals surface area contributed by atoms with Crippen molar-refractivity contribution in [2.24, 2.45) is 0 Å². The number of rotatable bonds is 7. The van der Waals surface area contributed by atoms with Crippen molar-refractivity contribution in [1.29, 1.82) is 0 Å². The second-order valence-electron chi connectivity index (χ2n) is 10.0. The monoisotopic (exact) mass is 463 g/mol. The first kappa shape index (κ1) is 23.2. The van der Waals surface area contributed by atoms with Crippen molar-refractivity contribution in [3.8, 4) is 11.1 Å². The van der Waals surface area contributed by atoms with Gasteiger partial charge in [0.1, 0.15) is 11.2 Å². The van der Waals surface area contributed by atoms with Crippen molar-refractivity contribution in [3.05, 3.63) is 91.0 Å². The van der Waals surface area contributed by atoms with E-state index in [0.717, 1.165) is 38.8 Å². The lowest BCUT2D eigenvalue weighted by molar-refractivity contribution is -0.0893. The van der Waals surface area contributed by atoms with Crippen molar-refractivity contribution in [2.45, 2.75) is 38.9 Å². The highest BCUT2D eigenvalue weighted by atomic mass is 16.5. The Balaban J connectivity index is 1.51. The van der Waals surface area contributed by atoms with Crippen LogP contribution in [0.3, 0.4) is 0 Å². The molecule has 0 aliphatic carbocycles. The molecule has 5 heteroatoms. The van der Waals surface area contributed by atoms with Gasteiger partial charge in [0, 0.05) is 22.1 Å². The van der Waals surface area contributed by atoms with Gasteiger partial charge in [-0.3, -0.25) is 0 Å². The molecule has 0 bridgehead atoms. The van der Waals surface area contributed by atoms with Crippen molar-refractivity contribution < 1.29 is 14.2 Å². The summed E-state index contributed by atoms with van der Waals surface area (Å²) in [5.74, 6) is 0. The molecule has 0 saturated carbocycles. The van der Waals surface area contributed by atoms with E-state index in [0.29, 0.717) is 7.48 Å². The second kappa shape index (κ2) is 8.92. The summed E-state index contributed by atoms with van der Waals surface area (Å²) in [4.78, 5) is 0. The molecule has 0 saturated heterocycles. The van der Waals surface area contributed by atoms with E-state index in [1.165, 1.54) is 11.1 Å². The van der Waals surface area contributed by atoms with E-state index in [1.807, 2.05) is 56.3 Å². The average Bonchev–Trinajstić information content (AvgIpc) is 3.20. The third-order valence-electron chi connectivity index (χ3n) is 6.94. The molecule has 176 valence electrons. The number of benzene rings is 4. The Hall–Kier alpha value is -3.54. The molecule has 5 aromatic rings. The summed E-state index contributed by atoms with van der Waals surface area (Å²) in [6, 6.07) is 31.0. The minimum absolute atomic E-state index is 0.328. The lowest BCUT2D eigenvalue weighted by Gasteiger charge is -2.37. The summed E-state index contributed by atoms with van der Waals surface area (Å²) < 4.78 is 12.4. The lowest BCUT2D eigenvalue weighted by atomic mass is 9.81. The number of fused-ring (bicyclic) bond motifs is 3. The molecule has 0 aliphatic rings. The van der Waals surface area contributed by atoms with E-state index in [2.05, 4.69) is 53.8 Å². The molecule has 4 nitrogen and oxygen atoms in total. The van der Waals surface area contributed by atoms with Crippen LogP contribution >= 0.6 is 0 Å². The van der Waals surface area contributed by atoms with Crippen molar-refractivity contribution in [1.82, 2.24) is 0 Å². The Bertz CT molecular complexity index is 1470. The van der Waals surface area contributed by atoms with E-state index < -0.39 is 11.2 Å². The normalized spacial score (nSPS) is 12.3. The van der Waals surface area contributed by atoms with Gasteiger partial charge in [-0.1, -0.05) is 60.7 Å². The highest BCUT2D eigenvalue weighted by molar-refractivity contribution is 6.50. The molecule has 0 amide bonds. The van der Waals surface area contributed by atoms with Gasteiger partial charge in [-0.25, -0.2) is 0 Å². The summed E-state index contributed by atoms with van der Waals surface area (Å²) in [6.07, 6.45) is 0.